The highest BCUT2D eigenvalue weighted by molar-refractivity contribution is 5.83. The minimum Gasteiger partial charge on any atom is -0.484 e. The van der Waals surface area contributed by atoms with Gasteiger partial charge in [0.05, 0.1) is 0 Å². The van der Waals surface area contributed by atoms with Gasteiger partial charge in [0.15, 0.2) is 13.2 Å². The van der Waals surface area contributed by atoms with Gasteiger partial charge in [0, 0.05) is 0 Å². The van der Waals surface area contributed by atoms with Gasteiger partial charge in [0.25, 0.3) is 11.8 Å². The zero-order chi connectivity index (χ0) is 23.1. The zero-order valence-corrected chi connectivity index (χ0v) is 19.4. The van der Waals surface area contributed by atoms with Gasteiger partial charge in [-0.05, 0) is 53.5 Å². The van der Waals surface area contributed by atoms with Crippen LogP contribution >= 0.6 is 0 Å². The lowest BCUT2D eigenvalue weighted by Crippen LogP contribution is -2.45. The van der Waals surface area contributed by atoms with E-state index in [0.29, 0.717) is 11.5 Å². The van der Waals surface area contributed by atoms with Crippen LogP contribution in [-0.4, -0.2) is 25.0 Å². The number of carbonyl (C=O) groups excluding carboxylic acids is 2. The third-order valence-corrected chi connectivity index (χ3v) is 4.77. The maximum atomic E-state index is 11.9. The number of benzene rings is 2. The Hall–Kier alpha value is -3.02. The van der Waals surface area contributed by atoms with Crippen LogP contribution in [0, 0.1) is 12.3 Å². The van der Waals surface area contributed by atoms with E-state index in [9.17, 15) is 9.59 Å². The molecule has 0 heterocycles. The Kier molecular flexibility index (Phi) is 8.08. The Balaban J connectivity index is 1.74. The van der Waals surface area contributed by atoms with Crippen LogP contribution in [0.15, 0.2) is 48.5 Å². The van der Waals surface area contributed by atoms with Gasteiger partial charge in [-0.1, -0.05) is 65.0 Å². The van der Waals surface area contributed by atoms with Crippen molar-refractivity contribution < 1.29 is 19.1 Å². The van der Waals surface area contributed by atoms with Crippen LogP contribution in [0.4, 0.5) is 0 Å². The summed E-state index contributed by atoms with van der Waals surface area (Å²) < 4.78 is 11.0. The van der Waals surface area contributed by atoms with Crippen molar-refractivity contribution in [2.75, 3.05) is 13.2 Å². The fourth-order valence-corrected chi connectivity index (χ4v) is 3.65. The molecule has 0 aliphatic heterocycles. The minimum atomic E-state index is -0.457. The molecule has 0 aromatic heterocycles. The largest absolute Gasteiger partial charge is 0.484 e. The van der Waals surface area contributed by atoms with Gasteiger partial charge in [0.2, 0.25) is 0 Å². The molecule has 0 aliphatic rings. The number of carbonyl (C=O) groups is 2. The second-order valence-electron chi connectivity index (χ2n) is 9.58. The number of ether oxygens (including phenoxy) is 2. The molecule has 0 unspecified atom stereocenters. The quantitative estimate of drug-likeness (QED) is 0.617. The first kappa shape index (κ1) is 24.3. The lowest BCUT2D eigenvalue weighted by molar-refractivity contribution is -0.131. The van der Waals surface area contributed by atoms with Gasteiger partial charge < -0.3 is 9.47 Å². The van der Waals surface area contributed by atoms with Crippen LogP contribution in [0.3, 0.4) is 0 Å². The Bertz CT molecular complexity index is 883. The second-order valence-corrected chi connectivity index (χ2v) is 9.58. The molecule has 0 atom stereocenters. The van der Waals surface area contributed by atoms with E-state index in [4.69, 9.17) is 9.47 Å². The number of amides is 2. The van der Waals surface area contributed by atoms with E-state index in [-0.39, 0.29) is 24.0 Å². The molecule has 0 spiro atoms. The molecular weight excluding hydrogens is 392 g/mol. The molecule has 0 saturated heterocycles. The molecule has 6 nitrogen and oxygen atoms in total. The van der Waals surface area contributed by atoms with Crippen LogP contribution in [-0.2, 0) is 15.0 Å². The molecule has 0 radical (unpaired) electrons. The Morgan fingerprint density at radius 1 is 0.806 bits per heavy atom. The smallest absolute Gasteiger partial charge is 0.276 e. The van der Waals surface area contributed by atoms with Gasteiger partial charge in [-0.2, -0.15) is 0 Å². The molecule has 2 amide bonds. The van der Waals surface area contributed by atoms with E-state index in [2.05, 4.69) is 45.5 Å². The van der Waals surface area contributed by atoms with E-state index < -0.39 is 11.8 Å². The van der Waals surface area contributed by atoms with Crippen molar-refractivity contribution in [2.45, 2.75) is 53.4 Å². The maximum absolute atomic E-state index is 11.9. The lowest BCUT2D eigenvalue weighted by atomic mass is 9.72. The summed E-state index contributed by atoms with van der Waals surface area (Å²) in [6.45, 7) is 12.7. The van der Waals surface area contributed by atoms with E-state index in [0.717, 1.165) is 12.0 Å². The molecule has 2 N–H and O–H groups in total. The van der Waals surface area contributed by atoms with Crippen LogP contribution in [0.25, 0.3) is 0 Å². The minimum absolute atomic E-state index is 0.0405. The summed E-state index contributed by atoms with van der Waals surface area (Å²) in [6.07, 6.45) is 1.05. The second kappa shape index (κ2) is 10.3. The first-order valence-electron chi connectivity index (χ1n) is 10.5. The van der Waals surface area contributed by atoms with Crippen molar-refractivity contribution in [1.82, 2.24) is 10.9 Å². The number of rotatable bonds is 8. The standard InChI is InChI=1S/C25H34N2O4/c1-18-9-7-8-10-21(18)31-16-23(29)27-26-22(28)15-30-20-13-11-19(12-14-20)25(5,6)17-24(2,3)4/h7-14H,15-17H2,1-6H3,(H,26,28)(H,27,29). The average Bonchev–Trinajstić information content (AvgIpc) is 2.68. The van der Waals surface area contributed by atoms with Crippen molar-refractivity contribution in [3.8, 4) is 11.5 Å². The van der Waals surface area contributed by atoms with Crippen molar-refractivity contribution in [3.63, 3.8) is 0 Å². The highest BCUT2D eigenvalue weighted by Gasteiger charge is 2.27. The van der Waals surface area contributed by atoms with Crippen LogP contribution in [0.1, 0.15) is 52.2 Å². The molecule has 0 aliphatic carbocycles. The third kappa shape index (κ3) is 8.32. The Morgan fingerprint density at radius 2 is 1.35 bits per heavy atom. The van der Waals surface area contributed by atoms with Gasteiger partial charge in [-0.25, -0.2) is 0 Å². The van der Waals surface area contributed by atoms with E-state index in [1.54, 1.807) is 6.07 Å². The summed E-state index contributed by atoms with van der Waals surface area (Å²) in [5.41, 5.74) is 7.06. The summed E-state index contributed by atoms with van der Waals surface area (Å²) in [5, 5.41) is 0. The molecule has 2 aromatic rings. The van der Waals surface area contributed by atoms with Crippen molar-refractivity contribution in [1.29, 1.82) is 0 Å². The summed E-state index contributed by atoms with van der Waals surface area (Å²) in [4.78, 5) is 23.8. The summed E-state index contributed by atoms with van der Waals surface area (Å²) in [5.74, 6) is 0.310. The number of hydrogen-bond acceptors (Lipinski definition) is 4. The molecule has 0 saturated carbocycles. The molecule has 0 fully saturated rings. The molecule has 2 aromatic carbocycles. The highest BCUT2D eigenvalue weighted by Crippen LogP contribution is 2.36. The van der Waals surface area contributed by atoms with E-state index in [1.807, 2.05) is 49.4 Å². The Morgan fingerprint density at radius 3 is 1.90 bits per heavy atom. The van der Waals surface area contributed by atoms with Gasteiger partial charge in [-0.15, -0.1) is 0 Å². The first-order valence-corrected chi connectivity index (χ1v) is 10.5. The Labute approximate surface area is 185 Å². The fourth-order valence-electron chi connectivity index (χ4n) is 3.65. The van der Waals surface area contributed by atoms with E-state index >= 15 is 0 Å². The number of hydrazine groups is 1. The zero-order valence-electron chi connectivity index (χ0n) is 19.4. The first-order chi connectivity index (χ1) is 14.5. The van der Waals surface area contributed by atoms with Crippen LogP contribution in [0.2, 0.25) is 0 Å². The van der Waals surface area contributed by atoms with Crippen molar-refractivity contribution >= 4 is 11.8 Å². The normalized spacial score (nSPS) is 11.5. The number of hydrogen-bond donors (Lipinski definition) is 2. The van der Waals surface area contributed by atoms with Crippen LogP contribution < -0.4 is 20.3 Å². The van der Waals surface area contributed by atoms with Gasteiger partial charge in [-0.3, -0.25) is 20.4 Å². The SMILES string of the molecule is Cc1ccccc1OCC(=O)NNC(=O)COc1ccc(C(C)(C)CC(C)(C)C)cc1. The predicted octanol–water partition coefficient (Wildman–Crippen LogP) is 4.31. The number of para-hydroxylation sites is 1. The molecular formula is C25H34N2O4. The van der Waals surface area contributed by atoms with Crippen molar-refractivity contribution in [3.05, 3.63) is 59.7 Å². The van der Waals surface area contributed by atoms with Gasteiger partial charge in [0.1, 0.15) is 11.5 Å². The predicted molar refractivity (Wildman–Crippen MR) is 122 cm³/mol. The maximum Gasteiger partial charge on any atom is 0.276 e. The molecule has 168 valence electrons. The number of aryl methyl sites for hydroxylation is 1. The van der Waals surface area contributed by atoms with Crippen molar-refractivity contribution in [2.24, 2.45) is 5.41 Å². The van der Waals surface area contributed by atoms with Gasteiger partial charge >= 0.3 is 0 Å². The third-order valence-electron chi connectivity index (χ3n) is 4.77. The molecule has 0 bridgehead atoms. The molecule has 6 heteroatoms. The monoisotopic (exact) mass is 426 g/mol. The lowest BCUT2D eigenvalue weighted by Gasteiger charge is -2.33. The fraction of sp³-hybridized carbons (Fsp3) is 0.440. The summed E-state index contributed by atoms with van der Waals surface area (Å²) in [6, 6.07) is 15.2. The topological polar surface area (TPSA) is 76.7 Å². The molecule has 2 rings (SSSR count). The van der Waals surface area contributed by atoms with Crippen LogP contribution in [0.5, 0.6) is 11.5 Å². The molecule has 31 heavy (non-hydrogen) atoms. The summed E-state index contributed by atoms with van der Waals surface area (Å²) in [7, 11) is 0. The van der Waals surface area contributed by atoms with E-state index in [1.165, 1.54) is 5.56 Å². The summed E-state index contributed by atoms with van der Waals surface area (Å²) >= 11 is 0. The number of nitrogens with one attached hydrogen (secondary N) is 2. The average molecular weight is 427 g/mol. The highest BCUT2D eigenvalue weighted by atomic mass is 16.5.